The monoisotopic (exact) mass is 413 g/mol. The van der Waals surface area contributed by atoms with E-state index in [1.807, 2.05) is 72.8 Å². The molecule has 148 valence electrons. The lowest BCUT2D eigenvalue weighted by atomic mass is 9.79. The Morgan fingerprint density at radius 3 is 2.47 bits per heavy atom. The van der Waals surface area contributed by atoms with Crippen LogP contribution in [0.1, 0.15) is 33.4 Å². The van der Waals surface area contributed by atoms with Gasteiger partial charge in [0, 0.05) is 12.6 Å². The molecule has 2 atom stereocenters. The number of fused-ring (bicyclic) bond motifs is 2. The van der Waals surface area contributed by atoms with Crippen molar-refractivity contribution in [2.45, 2.75) is 12.0 Å². The Kier molecular flexibility index (Phi) is 4.56. The maximum absolute atomic E-state index is 13.6. The molecule has 5 rings (SSSR count). The van der Waals surface area contributed by atoms with Gasteiger partial charge in [0.1, 0.15) is 0 Å². The molecule has 3 aromatic carbocycles. The van der Waals surface area contributed by atoms with E-state index in [-0.39, 0.29) is 11.8 Å². The molecule has 0 aliphatic carbocycles. The topological polar surface area (TPSA) is 62.3 Å². The number of anilines is 1. The van der Waals surface area contributed by atoms with Crippen molar-refractivity contribution >= 4 is 38.5 Å². The first kappa shape index (κ1) is 18.5. The molecule has 5 nitrogen and oxygen atoms in total. The SMILES string of the molecule is CN1C(=O)c2ccccc2[C@@H](C(=O)Nc2nc3ccccc3s2)[C@@H]1c1ccccc1. The Balaban J connectivity index is 1.59. The molecule has 0 bridgehead atoms. The van der Waals surface area contributed by atoms with Crippen LogP contribution in [0, 0.1) is 0 Å². The Morgan fingerprint density at radius 1 is 0.967 bits per heavy atom. The van der Waals surface area contributed by atoms with Gasteiger partial charge in [-0.1, -0.05) is 72.0 Å². The van der Waals surface area contributed by atoms with Gasteiger partial charge in [-0.25, -0.2) is 4.98 Å². The summed E-state index contributed by atoms with van der Waals surface area (Å²) in [6.45, 7) is 0. The summed E-state index contributed by atoms with van der Waals surface area (Å²) in [5.74, 6) is -0.795. The molecule has 0 saturated heterocycles. The number of carbonyl (C=O) groups excluding carboxylic acids is 2. The van der Waals surface area contributed by atoms with Gasteiger partial charge >= 0.3 is 0 Å². The predicted octanol–water partition coefficient (Wildman–Crippen LogP) is 4.85. The Labute approximate surface area is 178 Å². The van der Waals surface area contributed by atoms with Gasteiger partial charge in [-0.15, -0.1) is 0 Å². The van der Waals surface area contributed by atoms with E-state index in [1.54, 1.807) is 18.0 Å². The van der Waals surface area contributed by atoms with Crippen LogP contribution in [0.25, 0.3) is 10.2 Å². The number of para-hydroxylation sites is 1. The number of aromatic nitrogens is 1. The van der Waals surface area contributed by atoms with Crippen LogP contribution in [-0.4, -0.2) is 28.7 Å². The van der Waals surface area contributed by atoms with E-state index >= 15 is 0 Å². The fourth-order valence-corrected chi connectivity index (χ4v) is 5.00. The van der Waals surface area contributed by atoms with Crippen molar-refractivity contribution in [3.8, 4) is 0 Å². The van der Waals surface area contributed by atoms with Gasteiger partial charge in [-0.2, -0.15) is 0 Å². The number of nitrogens with zero attached hydrogens (tertiary/aromatic N) is 2. The fourth-order valence-electron chi connectivity index (χ4n) is 4.13. The van der Waals surface area contributed by atoms with Crippen molar-refractivity contribution in [1.29, 1.82) is 0 Å². The largest absolute Gasteiger partial charge is 0.334 e. The van der Waals surface area contributed by atoms with E-state index in [4.69, 9.17) is 0 Å². The first-order valence-corrected chi connectivity index (χ1v) is 10.5. The van der Waals surface area contributed by atoms with Crippen LogP contribution in [0.4, 0.5) is 5.13 Å². The lowest BCUT2D eigenvalue weighted by molar-refractivity contribution is -0.119. The zero-order chi connectivity index (χ0) is 20.7. The molecule has 1 aromatic heterocycles. The third kappa shape index (κ3) is 3.06. The van der Waals surface area contributed by atoms with Crippen LogP contribution in [-0.2, 0) is 4.79 Å². The first-order chi connectivity index (χ1) is 14.6. The van der Waals surface area contributed by atoms with E-state index in [0.29, 0.717) is 10.7 Å². The average Bonchev–Trinajstić information content (AvgIpc) is 3.18. The minimum absolute atomic E-state index is 0.0801. The van der Waals surface area contributed by atoms with E-state index in [1.165, 1.54) is 11.3 Å². The van der Waals surface area contributed by atoms with Gasteiger partial charge in [0.05, 0.1) is 22.2 Å². The number of carbonyl (C=O) groups is 2. The summed E-state index contributed by atoms with van der Waals surface area (Å²) in [5, 5.41) is 3.57. The molecular weight excluding hydrogens is 394 g/mol. The summed E-state index contributed by atoms with van der Waals surface area (Å²) in [6.07, 6.45) is 0. The first-order valence-electron chi connectivity index (χ1n) is 9.71. The predicted molar refractivity (Wildman–Crippen MR) is 119 cm³/mol. The van der Waals surface area contributed by atoms with Crippen molar-refractivity contribution < 1.29 is 9.59 Å². The Hall–Kier alpha value is -3.51. The van der Waals surface area contributed by atoms with Gasteiger partial charge in [0.25, 0.3) is 5.91 Å². The lowest BCUT2D eigenvalue weighted by Crippen LogP contribution is -2.44. The van der Waals surface area contributed by atoms with E-state index < -0.39 is 12.0 Å². The van der Waals surface area contributed by atoms with Gasteiger partial charge in [-0.05, 0) is 29.3 Å². The number of hydrogen-bond acceptors (Lipinski definition) is 4. The summed E-state index contributed by atoms with van der Waals surface area (Å²) in [4.78, 5) is 32.8. The molecule has 0 saturated carbocycles. The second kappa shape index (κ2) is 7.39. The summed E-state index contributed by atoms with van der Waals surface area (Å²) >= 11 is 1.45. The standard InChI is InChI=1S/C24H19N3O2S/c1-27-21(15-9-3-2-4-10-15)20(16-11-5-6-12-17(16)23(27)29)22(28)26-24-25-18-13-7-8-14-19(18)30-24/h2-14,20-21H,1H3,(H,25,26,28)/t20-,21+/m1/s1. The maximum Gasteiger partial charge on any atom is 0.254 e. The van der Waals surface area contributed by atoms with Crippen molar-refractivity contribution in [3.05, 3.63) is 95.6 Å². The molecule has 0 fully saturated rings. The van der Waals surface area contributed by atoms with Crippen LogP contribution in [0.15, 0.2) is 78.9 Å². The number of rotatable bonds is 3. The van der Waals surface area contributed by atoms with Crippen molar-refractivity contribution in [1.82, 2.24) is 9.88 Å². The van der Waals surface area contributed by atoms with E-state index in [9.17, 15) is 9.59 Å². The number of nitrogens with one attached hydrogen (secondary N) is 1. The Morgan fingerprint density at radius 2 is 1.67 bits per heavy atom. The number of likely N-dealkylation sites (N-methyl/N-ethyl adjacent to an activating group) is 1. The van der Waals surface area contributed by atoms with Crippen molar-refractivity contribution in [2.24, 2.45) is 0 Å². The molecule has 30 heavy (non-hydrogen) atoms. The normalized spacial score (nSPS) is 18.3. The number of hydrogen-bond donors (Lipinski definition) is 1. The molecule has 2 amide bonds. The van der Waals surface area contributed by atoms with E-state index in [2.05, 4.69) is 10.3 Å². The van der Waals surface area contributed by atoms with Crippen LogP contribution < -0.4 is 5.32 Å². The minimum Gasteiger partial charge on any atom is -0.334 e. The molecule has 1 aliphatic heterocycles. The van der Waals surface area contributed by atoms with Gasteiger partial charge in [-0.3, -0.25) is 9.59 Å². The highest BCUT2D eigenvalue weighted by Crippen LogP contribution is 2.42. The van der Waals surface area contributed by atoms with E-state index in [0.717, 1.165) is 21.3 Å². The molecule has 0 radical (unpaired) electrons. The van der Waals surface area contributed by atoms with Crippen LogP contribution in [0.3, 0.4) is 0 Å². The third-order valence-corrected chi connectivity index (χ3v) is 6.48. The summed E-state index contributed by atoms with van der Waals surface area (Å²) < 4.78 is 1.02. The maximum atomic E-state index is 13.6. The quantitative estimate of drug-likeness (QED) is 0.522. The van der Waals surface area contributed by atoms with Gasteiger partial charge in [0.2, 0.25) is 5.91 Å². The molecule has 0 unspecified atom stereocenters. The highest BCUT2D eigenvalue weighted by atomic mass is 32.1. The molecule has 0 spiro atoms. The highest BCUT2D eigenvalue weighted by Gasteiger charge is 2.42. The molecule has 1 aliphatic rings. The zero-order valence-corrected chi connectivity index (χ0v) is 17.1. The van der Waals surface area contributed by atoms with Gasteiger partial charge in [0.15, 0.2) is 5.13 Å². The molecule has 4 aromatic rings. The third-order valence-electron chi connectivity index (χ3n) is 5.53. The molecule has 6 heteroatoms. The fraction of sp³-hybridized carbons (Fsp3) is 0.125. The van der Waals surface area contributed by atoms with Crippen LogP contribution in [0.5, 0.6) is 0 Å². The smallest absolute Gasteiger partial charge is 0.254 e. The zero-order valence-electron chi connectivity index (χ0n) is 16.3. The highest BCUT2D eigenvalue weighted by molar-refractivity contribution is 7.22. The second-order valence-electron chi connectivity index (χ2n) is 7.31. The average molecular weight is 414 g/mol. The lowest BCUT2D eigenvalue weighted by Gasteiger charge is -2.39. The Bertz CT molecular complexity index is 1220. The number of thiazole rings is 1. The minimum atomic E-state index is -0.543. The molecular formula is C24H19N3O2S. The van der Waals surface area contributed by atoms with Gasteiger partial charge < -0.3 is 10.2 Å². The number of amides is 2. The van der Waals surface area contributed by atoms with Crippen LogP contribution in [0.2, 0.25) is 0 Å². The number of benzene rings is 3. The molecule has 2 heterocycles. The summed E-state index contributed by atoms with van der Waals surface area (Å²) in [5.41, 5.74) is 3.09. The van der Waals surface area contributed by atoms with Crippen molar-refractivity contribution in [2.75, 3.05) is 12.4 Å². The molecule has 1 N–H and O–H groups in total. The van der Waals surface area contributed by atoms with Crippen molar-refractivity contribution in [3.63, 3.8) is 0 Å². The summed E-state index contributed by atoms with van der Waals surface area (Å²) in [7, 11) is 1.76. The summed E-state index contributed by atoms with van der Waals surface area (Å²) in [6, 6.07) is 24.5. The van der Waals surface area contributed by atoms with Crippen LogP contribution >= 0.6 is 11.3 Å². The second-order valence-corrected chi connectivity index (χ2v) is 8.34.